The van der Waals surface area contributed by atoms with E-state index in [4.69, 9.17) is 11.0 Å². The average Bonchev–Trinajstić information content (AvgIpc) is 2.45. The maximum atomic E-state index is 13.2. The van der Waals surface area contributed by atoms with Gasteiger partial charge in [0.2, 0.25) is 0 Å². The van der Waals surface area contributed by atoms with Crippen molar-refractivity contribution >= 4 is 11.8 Å². The van der Waals surface area contributed by atoms with Gasteiger partial charge in [-0.3, -0.25) is 0 Å². The largest absolute Gasteiger partial charge is 0.324 e. The first-order valence-corrected chi connectivity index (χ1v) is 7.25. The second-order valence-electron chi connectivity index (χ2n) is 4.56. The first-order chi connectivity index (χ1) is 9.60. The summed E-state index contributed by atoms with van der Waals surface area (Å²) in [5, 5.41) is 9.01. The quantitative estimate of drug-likeness (QED) is 0.864. The summed E-state index contributed by atoms with van der Waals surface area (Å²) in [5.74, 6) is 0.255. The van der Waals surface area contributed by atoms with Crippen molar-refractivity contribution in [1.82, 2.24) is 0 Å². The molecular weight excluding hydrogens is 271 g/mol. The van der Waals surface area contributed by atoms with Gasteiger partial charge >= 0.3 is 0 Å². The van der Waals surface area contributed by atoms with Gasteiger partial charge in [0.1, 0.15) is 5.82 Å². The zero-order valence-electron chi connectivity index (χ0n) is 11.1. The lowest BCUT2D eigenvalue weighted by molar-refractivity contribution is 0.626. The molecule has 0 aliphatic heterocycles. The average molecular weight is 286 g/mol. The zero-order chi connectivity index (χ0) is 14.5. The smallest absolute Gasteiger partial charge is 0.123 e. The molecule has 0 saturated carbocycles. The van der Waals surface area contributed by atoms with Crippen molar-refractivity contribution in [2.75, 3.05) is 0 Å². The molecule has 0 aromatic heterocycles. The van der Waals surface area contributed by atoms with Gasteiger partial charge in [0.15, 0.2) is 0 Å². The minimum Gasteiger partial charge on any atom is -0.324 e. The van der Waals surface area contributed by atoms with Crippen molar-refractivity contribution in [2.45, 2.75) is 23.6 Å². The standard InChI is InChI=1S/C16H15FN2S/c1-11(19)12-3-6-16(7-4-12)20-10-14-8-15(17)5-2-13(14)9-18/h2-8,11H,10,19H2,1H3. The molecule has 20 heavy (non-hydrogen) atoms. The summed E-state index contributed by atoms with van der Waals surface area (Å²) in [6.45, 7) is 1.94. The molecule has 2 nitrogen and oxygen atoms in total. The highest BCUT2D eigenvalue weighted by Crippen LogP contribution is 2.26. The van der Waals surface area contributed by atoms with E-state index in [1.807, 2.05) is 31.2 Å². The van der Waals surface area contributed by atoms with Crippen LogP contribution in [0, 0.1) is 17.1 Å². The van der Waals surface area contributed by atoms with E-state index in [0.29, 0.717) is 16.9 Å². The van der Waals surface area contributed by atoms with Gasteiger partial charge in [0.25, 0.3) is 0 Å². The Bertz CT molecular complexity index is 630. The van der Waals surface area contributed by atoms with Gasteiger partial charge < -0.3 is 5.73 Å². The third-order valence-electron chi connectivity index (χ3n) is 2.99. The normalized spacial score (nSPS) is 11.9. The number of nitrogens with two attached hydrogens (primary N) is 1. The third-order valence-corrected chi connectivity index (χ3v) is 4.05. The van der Waals surface area contributed by atoms with Crippen molar-refractivity contribution < 1.29 is 4.39 Å². The van der Waals surface area contributed by atoms with E-state index >= 15 is 0 Å². The number of thioether (sulfide) groups is 1. The number of nitrogens with zero attached hydrogens (tertiary/aromatic N) is 1. The predicted octanol–water partition coefficient (Wildman–Crippen LogP) is 4.01. The summed E-state index contributed by atoms with van der Waals surface area (Å²) in [7, 11) is 0. The maximum absolute atomic E-state index is 13.2. The Labute approximate surface area is 122 Å². The van der Waals surface area contributed by atoms with E-state index in [1.165, 1.54) is 18.2 Å². The third kappa shape index (κ3) is 3.60. The fourth-order valence-electron chi connectivity index (χ4n) is 1.82. The molecule has 2 rings (SSSR count). The molecule has 0 aliphatic rings. The Morgan fingerprint density at radius 3 is 2.55 bits per heavy atom. The minimum atomic E-state index is -0.313. The molecule has 0 heterocycles. The van der Waals surface area contributed by atoms with Crippen LogP contribution in [-0.4, -0.2) is 0 Å². The lowest BCUT2D eigenvalue weighted by Gasteiger charge is -2.07. The fraction of sp³-hybridized carbons (Fsp3) is 0.188. The van der Waals surface area contributed by atoms with Crippen molar-refractivity contribution in [3.63, 3.8) is 0 Å². The van der Waals surface area contributed by atoms with E-state index in [9.17, 15) is 4.39 Å². The highest BCUT2D eigenvalue weighted by Gasteiger charge is 2.05. The highest BCUT2D eigenvalue weighted by molar-refractivity contribution is 7.98. The number of rotatable bonds is 4. The minimum absolute atomic E-state index is 0.0162. The van der Waals surface area contributed by atoms with Gasteiger partial charge in [-0.05, 0) is 48.4 Å². The fourth-order valence-corrected chi connectivity index (χ4v) is 2.71. The lowest BCUT2D eigenvalue weighted by Crippen LogP contribution is -2.04. The van der Waals surface area contributed by atoms with E-state index in [-0.39, 0.29) is 11.9 Å². The van der Waals surface area contributed by atoms with Crippen LogP contribution in [0.5, 0.6) is 0 Å². The molecule has 0 spiro atoms. The molecule has 1 atom stereocenters. The van der Waals surface area contributed by atoms with Crippen LogP contribution in [0.4, 0.5) is 4.39 Å². The van der Waals surface area contributed by atoms with Gasteiger partial charge in [0.05, 0.1) is 11.6 Å². The summed E-state index contributed by atoms with van der Waals surface area (Å²) < 4.78 is 13.2. The van der Waals surface area contributed by atoms with Crippen molar-refractivity contribution in [3.05, 3.63) is 65.0 Å². The second-order valence-corrected chi connectivity index (χ2v) is 5.61. The van der Waals surface area contributed by atoms with Gasteiger partial charge in [-0.1, -0.05) is 12.1 Å². The zero-order valence-corrected chi connectivity index (χ0v) is 12.0. The van der Waals surface area contributed by atoms with Gasteiger partial charge in [-0.15, -0.1) is 11.8 Å². The molecule has 2 N–H and O–H groups in total. The number of halogens is 1. The first-order valence-electron chi connectivity index (χ1n) is 6.27. The van der Waals surface area contributed by atoms with E-state index in [1.54, 1.807) is 11.8 Å². The van der Waals surface area contributed by atoms with Crippen LogP contribution in [0.1, 0.15) is 29.7 Å². The highest BCUT2D eigenvalue weighted by atomic mass is 32.2. The number of hydrogen-bond acceptors (Lipinski definition) is 3. The molecule has 102 valence electrons. The van der Waals surface area contributed by atoms with Crippen LogP contribution in [0.2, 0.25) is 0 Å². The molecule has 0 fully saturated rings. The molecule has 2 aromatic carbocycles. The van der Waals surface area contributed by atoms with Gasteiger partial charge in [0, 0.05) is 16.7 Å². The van der Waals surface area contributed by atoms with Crippen molar-refractivity contribution in [3.8, 4) is 6.07 Å². The van der Waals surface area contributed by atoms with Gasteiger partial charge in [-0.2, -0.15) is 5.26 Å². The van der Waals surface area contributed by atoms with Gasteiger partial charge in [-0.25, -0.2) is 4.39 Å². The molecule has 0 bridgehead atoms. The summed E-state index contributed by atoms with van der Waals surface area (Å²) in [5.41, 5.74) is 8.12. The molecule has 1 unspecified atom stereocenters. The monoisotopic (exact) mass is 286 g/mol. The molecule has 4 heteroatoms. The second kappa shape index (κ2) is 6.56. The number of nitriles is 1. The van der Waals surface area contributed by atoms with Crippen molar-refractivity contribution in [2.24, 2.45) is 5.73 Å². The van der Waals surface area contributed by atoms with Crippen LogP contribution in [0.15, 0.2) is 47.4 Å². The van der Waals surface area contributed by atoms with E-state index < -0.39 is 0 Å². The maximum Gasteiger partial charge on any atom is 0.123 e. The Kier molecular flexibility index (Phi) is 4.78. The molecule has 0 aliphatic carbocycles. The first kappa shape index (κ1) is 14.6. The lowest BCUT2D eigenvalue weighted by atomic mass is 10.1. The van der Waals surface area contributed by atoms with Crippen LogP contribution in [-0.2, 0) is 5.75 Å². The number of hydrogen-bond donors (Lipinski definition) is 1. The Hall–Kier alpha value is -1.83. The summed E-state index contributed by atoms with van der Waals surface area (Å²) in [4.78, 5) is 1.07. The molecule has 0 saturated heterocycles. The summed E-state index contributed by atoms with van der Waals surface area (Å²) in [6.07, 6.45) is 0. The SMILES string of the molecule is CC(N)c1ccc(SCc2cc(F)ccc2C#N)cc1. The topological polar surface area (TPSA) is 49.8 Å². The Balaban J connectivity index is 2.09. The van der Waals surface area contributed by atoms with Crippen LogP contribution >= 0.6 is 11.8 Å². The van der Waals surface area contributed by atoms with Crippen LogP contribution in [0.3, 0.4) is 0 Å². The van der Waals surface area contributed by atoms with E-state index in [2.05, 4.69) is 6.07 Å². The summed E-state index contributed by atoms with van der Waals surface area (Å²) in [6, 6.07) is 14.3. The Morgan fingerprint density at radius 1 is 1.25 bits per heavy atom. The number of benzene rings is 2. The molecule has 0 radical (unpaired) electrons. The molecule has 0 amide bonds. The molecule has 2 aromatic rings. The summed E-state index contributed by atoms with van der Waals surface area (Å²) >= 11 is 1.57. The predicted molar refractivity (Wildman–Crippen MR) is 79.7 cm³/mol. The van der Waals surface area contributed by atoms with Crippen LogP contribution < -0.4 is 5.73 Å². The van der Waals surface area contributed by atoms with E-state index in [0.717, 1.165) is 10.5 Å². The van der Waals surface area contributed by atoms with Crippen molar-refractivity contribution in [1.29, 1.82) is 5.26 Å². The Morgan fingerprint density at radius 2 is 1.95 bits per heavy atom. The molecular formula is C16H15FN2S. The van der Waals surface area contributed by atoms with Crippen LogP contribution in [0.25, 0.3) is 0 Å².